The van der Waals surface area contributed by atoms with Crippen molar-refractivity contribution in [1.29, 1.82) is 0 Å². The zero-order valence-electron chi connectivity index (χ0n) is 12.6. The molecule has 4 heteroatoms. The van der Waals surface area contributed by atoms with Crippen molar-refractivity contribution in [2.45, 2.75) is 20.3 Å². The number of rotatable bonds is 4. The van der Waals surface area contributed by atoms with Gasteiger partial charge >= 0.3 is 0 Å². The molecule has 110 valence electrons. The van der Waals surface area contributed by atoms with Gasteiger partial charge in [-0.05, 0) is 42.5 Å². The van der Waals surface area contributed by atoms with Crippen LogP contribution in [-0.2, 0) is 4.79 Å². The highest BCUT2D eigenvalue weighted by Crippen LogP contribution is 2.21. The summed E-state index contributed by atoms with van der Waals surface area (Å²) in [6.45, 7) is 7.01. The van der Waals surface area contributed by atoms with Crippen LogP contribution < -0.4 is 10.1 Å². The van der Waals surface area contributed by atoms with Crippen molar-refractivity contribution in [1.82, 2.24) is 4.90 Å². The van der Waals surface area contributed by atoms with Gasteiger partial charge < -0.3 is 10.1 Å². The van der Waals surface area contributed by atoms with Gasteiger partial charge in [-0.3, -0.25) is 9.69 Å². The maximum Gasteiger partial charge on any atom is 0.238 e. The minimum absolute atomic E-state index is 0.0523. The van der Waals surface area contributed by atoms with E-state index in [1.54, 1.807) is 7.11 Å². The Labute approximate surface area is 121 Å². The van der Waals surface area contributed by atoms with Gasteiger partial charge in [0.25, 0.3) is 0 Å². The molecule has 0 radical (unpaired) electrons. The van der Waals surface area contributed by atoms with E-state index >= 15 is 0 Å². The van der Waals surface area contributed by atoms with Crippen LogP contribution in [0.1, 0.15) is 20.3 Å². The summed E-state index contributed by atoms with van der Waals surface area (Å²) in [7, 11) is 1.63. The summed E-state index contributed by atoms with van der Waals surface area (Å²) >= 11 is 0. The number of methoxy groups -OCH3 is 1. The van der Waals surface area contributed by atoms with Gasteiger partial charge in [-0.25, -0.2) is 0 Å². The molecular formula is C16H24N2O2. The van der Waals surface area contributed by atoms with Crippen molar-refractivity contribution in [3.8, 4) is 5.75 Å². The zero-order chi connectivity index (χ0) is 14.5. The zero-order valence-corrected chi connectivity index (χ0v) is 12.6. The molecule has 1 N–H and O–H groups in total. The van der Waals surface area contributed by atoms with Crippen LogP contribution in [0.5, 0.6) is 5.75 Å². The molecule has 0 aliphatic carbocycles. The van der Waals surface area contributed by atoms with E-state index < -0.39 is 0 Å². The van der Waals surface area contributed by atoms with Crippen molar-refractivity contribution in [3.63, 3.8) is 0 Å². The van der Waals surface area contributed by atoms with Gasteiger partial charge in [-0.2, -0.15) is 0 Å². The summed E-state index contributed by atoms with van der Waals surface area (Å²) in [5.41, 5.74) is 0.814. The molecule has 0 bridgehead atoms. The number of nitrogens with one attached hydrogen (secondary N) is 1. The lowest BCUT2D eigenvalue weighted by molar-refractivity contribution is -0.117. The van der Waals surface area contributed by atoms with E-state index in [1.807, 2.05) is 24.3 Å². The fraction of sp³-hybridized carbons (Fsp3) is 0.562. The van der Waals surface area contributed by atoms with Crippen LogP contribution in [0.2, 0.25) is 0 Å². The molecule has 4 nitrogen and oxygen atoms in total. The topological polar surface area (TPSA) is 41.6 Å². The predicted octanol–water partition coefficient (Wildman–Crippen LogP) is 2.61. The van der Waals surface area contributed by atoms with Gasteiger partial charge in [-0.15, -0.1) is 0 Å². The maximum atomic E-state index is 12.1. The Balaban J connectivity index is 1.85. The fourth-order valence-corrected chi connectivity index (χ4v) is 3.00. The first kappa shape index (κ1) is 14.9. The van der Waals surface area contributed by atoms with E-state index in [-0.39, 0.29) is 5.91 Å². The minimum atomic E-state index is 0.0523. The molecular weight excluding hydrogens is 252 g/mol. The normalized spacial score (nSPS) is 23.4. The lowest BCUT2D eigenvalue weighted by Gasteiger charge is -2.34. The van der Waals surface area contributed by atoms with Gasteiger partial charge in [0, 0.05) is 18.8 Å². The second kappa shape index (κ2) is 6.75. The number of ether oxygens (including phenoxy) is 1. The van der Waals surface area contributed by atoms with Gasteiger partial charge in [0.2, 0.25) is 5.91 Å². The predicted molar refractivity (Wildman–Crippen MR) is 81.0 cm³/mol. The first-order valence-electron chi connectivity index (χ1n) is 7.23. The van der Waals surface area contributed by atoms with Crippen LogP contribution >= 0.6 is 0 Å². The second-order valence-corrected chi connectivity index (χ2v) is 5.92. The molecule has 1 amide bonds. The summed E-state index contributed by atoms with van der Waals surface area (Å²) in [6.07, 6.45) is 1.26. The van der Waals surface area contributed by atoms with Crippen molar-refractivity contribution < 1.29 is 9.53 Å². The van der Waals surface area contributed by atoms with Gasteiger partial charge in [0.15, 0.2) is 0 Å². The lowest BCUT2D eigenvalue weighted by atomic mass is 9.92. The summed E-state index contributed by atoms with van der Waals surface area (Å²) in [6, 6.07) is 7.41. The van der Waals surface area contributed by atoms with Crippen molar-refractivity contribution in [2.24, 2.45) is 11.8 Å². The standard InChI is InChI=1S/C16H24N2O2/c1-12-8-13(2)10-18(9-12)11-16(19)17-14-4-6-15(20-3)7-5-14/h4-7,12-13H,8-11H2,1-3H3,(H,17,19). The molecule has 0 saturated carbocycles. The Hall–Kier alpha value is -1.55. The third-order valence-corrected chi connectivity index (χ3v) is 3.69. The molecule has 0 spiro atoms. The Bertz CT molecular complexity index is 434. The van der Waals surface area contributed by atoms with Gasteiger partial charge in [-0.1, -0.05) is 13.8 Å². The van der Waals surface area contributed by atoms with Gasteiger partial charge in [0.1, 0.15) is 5.75 Å². The summed E-state index contributed by atoms with van der Waals surface area (Å²) < 4.78 is 5.10. The monoisotopic (exact) mass is 276 g/mol. The van der Waals surface area contributed by atoms with Crippen LogP contribution in [0.3, 0.4) is 0 Å². The number of carbonyl (C=O) groups excluding carboxylic acids is 1. The molecule has 20 heavy (non-hydrogen) atoms. The van der Waals surface area contributed by atoms with E-state index in [4.69, 9.17) is 4.74 Å². The van der Waals surface area contributed by atoms with Crippen LogP contribution in [0.4, 0.5) is 5.69 Å². The molecule has 2 rings (SSSR count). The van der Waals surface area contributed by atoms with Crippen molar-refractivity contribution >= 4 is 11.6 Å². The molecule has 1 aromatic rings. The average Bonchev–Trinajstić information content (AvgIpc) is 2.38. The average molecular weight is 276 g/mol. The van der Waals surface area contributed by atoms with E-state index in [0.717, 1.165) is 24.5 Å². The third kappa shape index (κ3) is 4.23. The van der Waals surface area contributed by atoms with E-state index in [2.05, 4.69) is 24.1 Å². The van der Waals surface area contributed by atoms with Crippen molar-refractivity contribution in [2.75, 3.05) is 32.1 Å². The molecule has 1 heterocycles. The number of hydrogen-bond donors (Lipinski definition) is 1. The number of hydrogen-bond acceptors (Lipinski definition) is 3. The molecule has 2 atom stereocenters. The smallest absolute Gasteiger partial charge is 0.238 e. The molecule has 1 fully saturated rings. The van der Waals surface area contributed by atoms with E-state index in [9.17, 15) is 4.79 Å². The summed E-state index contributed by atoms with van der Waals surface area (Å²) in [5.74, 6) is 2.19. The number of likely N-dealkylation sites (tertiary alicyclic amines) is 1. The minimum Gasteiger partial charge on any atom is -0.497 e. The van der Waals surface area contributed by atoms with Crippen LogP contribution in [0, 0.1) is 11.8 Å². The number of anilines is 1. The SMILES string of the molecule is COc1ccc(NC(=O)CN2CC(C)CC(C)C2)cc1. The number of nitrogens with zero attached hydrogens (tertiary/aromatic N) is 1. The number of benzene rings is 1. The first-order chi connectivity index (χ1) is 9.56. The number of carbonyl (C=O) groups is 1. The maximum absolute atomic E-state index is 12.1. The van der Waals surface area contributed by atoms with Crippen molar-refractivity contribution in [3.05, 3.63) is 24.3 Å². The van der Waals surface area contributed by atoms with Crippen LogP contribution in [0.25, 0.3) is 0 Å². The number of piperidine rings is 1. The first-order valence-corrected chi connectivity index (χ1v) is 7.23. The Morgan fingerprint density at radius 3 is 2.40 bits per heavy atom. The summed E-state index contributed by atoms with van der Waals surface area (Å²) in [4.78, 5) is 14.3. The highest BCUT2D eigenvalue weighted by molar-refractivity contribution is 5.92. The van der Waals surface area contributed by atoms with E-state index in [1.165, 1.54) is 6.42 Å². The molecule has 0 aromatic heterocycles. The quantitative estimate of drug-likeness (QED) is 0.919. The highest BCUT2D eigenvalue weighted by atomic mass is 16.5. The summed E-state index contributed by atoms with van der Waals surface area (Å²) in [5, 5.41) is 2.93. The Kier molecular flexibility index (Phi) is 5.01. The Morgan fingerprint density at radius 2 is 1.85 bits per heavy atom. The molecule has 1 aliphatic heterocycles. The van der Waals surface area contributed by atoms with Crippen LogP contribution in [-0.4, -0.2) is 37.6 Å². The Morgan fingerprint density at radius 1 is 1.25 bits per heavy atom. The van der Waals surface area contributed by atoms with E-state index in [0.29, 0.717) is 18.4 Å². The van der Waals surface area contributed by atoms with Crippen LogP contribution in [0.15, 0.2) is 24.3 Å². The highest BCUT2D eigenvalue weighted by Gasteiger charge is 2.23. The largest absolute Gasteiger partial charge is 0.497 e. The fourth-order valence-electron chi connectivity index (χ4n) is 3.00. The van der Waals surface area contributed by atoms with Gasteiger partial charge in [0.05, 0.1) is 13.7 Å². The second-order valence-electron chi connectivity index (χ2n) is 5.92. The molecule has 1 aliphatic rings. The third-order valence-electron chi connectivity index (χ3n) is 3.69. The molecule has 1 saturated heterocycles. The molecule has 2 unspecified atom stereocenters. The molecule has 1 aromatic carbocycles. The number of amides is 1. The lowest BCUT2D eigenvalue weighted by Crippen LogP contribution is -2.42.